The number of hydrogen-bond donors (Lipinski definition) is 2. The summed E-state index contributed by atoms with van der Waals surface area (Å²) in [4.78, 5) is 25.1. The predicted molar refractivity (Wildman–Crippen MR) is 142 cm³/mol. The van der Waals surface area contributed by atoms with E-state index in [1.165, 1.54) is 6.08 Å². The Morgan fingerprint density at radius 2 is 1.25 bits per heavy atom. The molecule has 0 aliphatic heterocycles. The van der Waals surface area contributed by atoms with E-state index in [1.807, 2.05) is 108 Å². The molecule has 6 heteroatoms. The molecule has 2 heterocycles. The van der Waals surface area contributed by atoms with Crippen LogP contribution in [0.2, 0.25) is 0 Å². The van der Waals surface area contributed by atoms with Crippen molar-refractivity contribution in [2.24, 2.45) is 14.1 Å². The van der Waals surface area contributed by atoms with Crippen molar-refractivity contribution >= 4 is 51.1 Å². The maximum absolute atomic E-state index is 12.7. The monoisotopic (exact) mass is 474 g/mol. The number of benzene rings is 3. The molecule has 36 heavy (non-hydrogen) atoms. The van der Waals surface area contributed by atoms with E-state index >= 15 is 0 Å². The maximum atomic E-state index is 12.7. The van der Waals surface area contributed by atoms with E-state index in [0.717, 1.165) is 38.7 Å². The van der Waals surface area contributed by atoms with Crippen molar-refractivity contribution < 1.29 is 18.7 Å². The summed E-state index contributed by atoms with van der Waals surface area (Å²) in [5, 5.41) is 7.95. The van der Waals surface area contributed by atoms with E-state index < -0.39 is 0 Å². The molecule has 0 spiro atoms. The second-order valence-electron chi connectivity index (χ2n) is 8.68. The van der Waals surface area contributed by atoms with E-state index in [2.05, 4.69) is 10.6 Å². The number of fused-ring (bicyclic) bond motifs is 2. The average molecular weight is 475 g/mol. The molecule has 176 valence electrons. The van der Waals surface area contributed by atoms with Gasteiger partial charge in [-0.05, 0) is 60.2 Å². The number of rotatable bonds is 5. The van der Waals surface area contributed by atoms with E-state index in [-0.39, 0.29) is 11.8 Å². The minimum Gasteiger partial charge on any atom is -0.322 e. The normalized spacial score (nSPS) is 11.2. The van der Waals surface area contributed by atoms with E-state index in [9.17, 15) is 9.59 Å². The van der Waals surface area contributed by atoms with E-state index in [0.29, 0.717) is 5.56 Å². The topological polar surface area (TPSA) is 66.0 Å². The molecule has 0 saturated heterocycles. The summed E-state index contributed by atoms with van der Waals surface area (Å²) >= 11 is 0. The number of aromatic nitrogens is 2. The lowest BCUT2D eigenvalue weighted by atomic mass is 10.1. The minimum absolute atomic E-state index is 0.187. The van der Waals surface area contributed by atoms with Gasteiger partial charge in [-0.1, -0.05) is 12.1 Å². The number of nitrogens with one attached hydrogen (secondary N) is 2. The molecule has 0 fully saturated rings. The number of carbonyl (C=O) groups is 2. The number of nitrogens with zero attached hydrogens (tertiary/aromatic N) is 2. The molecule has 2 amide bonds. The van der Waals surface area contributed by atoms with Gasteiger partial charge in [0.1, 0.15) is 14.1 Å². The summed E-state index contributed by atoms with van der Waals surface area (Å²) in [5.41, 5.74) is 5.01. The molecule has 0 bridgehead atoms. The van der Waals surface area contributed by atoms with Crippen LogP contribution < -0.4 is 19.8 Å². The molecule has 0 aliphatic rings. The van der Waals surface area contributed by atoms with Crippen LogP contribution in [-0.4, -0.2) is 11.8 Å². The zero-order valence-corrected chi connectivity index (χ0v) is 20.1. The number of pyridine rings is 2. The number of aryl methyl sites for hydroxylation is 2. The Balaban J connectivity index is 1.22. The van der Waals surface area contributed by atoms with Gasteiger partial charge in [0.25, 0.3) is 5.91 Å². The predicted octanol–water partition coefficient (Wildman–Crippen LogP) is 4.55. The van der Waals surface area contributed by atoms with Crippen LogP contribution in [-0.2, 0) is 18.9 Å². The molecule has 5 aromatic rings. The second kappa shape index (κ2) is 9.80. The Labute approximate surface area is 209 Å². The van der Waals surface area contributed by atoms with Crippen LogP contribution in [0, 0.1) is 0 Å². The number of amides is 2. The van der Waals surface area contributed by atoms with Gasteiger partial charge in [0.15, 0.2) is 12.4 Å². The summed E-state index contributed by atoms with van der Waals surface area (Å²) in [6.45, 7) is 0. The molecular formula is C30H26N4O2+2. The third-order valence-corrected chi connectivity index (χ3v) is 6.11. The lowest BCUT2D eigenvalue weighted by molar-refractivity contribution is -0.645. The van der Waals surface area contributed by atoms with E-state index in [4.69, 9.17) is 0 Å². The highest BCUT2D eigenvalue weighted by Crippen LogP contribution is 2.18. The molecule has 0 saturated carbocycles. The maximum Gasteiger partial charge on any atom is 0.255 e. The molecule has 0 atom stereocenters. The zero-order chi connectivity index (χ0) is 25.1. The summed E-state index contributed by atoms with van der Waals surface area (Å²) < 4.78 is 4.07. The van der Waals surface area contributed by atoms with Crippen LogP contribution in [0.25, 0.3) is 27.9 Å². The van der Waals surface area contributed by atoms with Gasteiger partial charge in [-0.3, -0.25) is 9.59 Å². The van der Waals surface area contributed by atoms with Crippen molar-refractivity contribution in [3.63, 3.8) is 0 Å². The minimum atomic E-state index is -0.221. The highest BCUT2D eigenvalue weighted by Gasteiger charge is 2.09. The third-order valence-electron chi connectivity index (χ3n) is 6.11. The highest BCUT2D eigenvalue weighted by atomic mass is 16.2. The Kier molecular flexibility index (Phi) is 6.24. The lowest BCUT2D eigenvalue weighted by Crippen LogP contribution is -2.27. The van der Waals surface area contributed by atoms with Crippen molar-refractivity contribution in [2.45, 2.75) is 0 Å². The lowest BCUT2D eigenvalue weighted by Gasteiger charge is -2.06. The summed E-state index contributed by atoms with van der Waals surface area (Å²) in [6, 6.07) is 26.8. The Morgan fingerprint density at radius 3 is 1.83 bits per heavy atom. The Hall–Kier alpha value is -4.84. The molecule has 6 nitrogen and oxygen atoms in total. The van der Waals surface area contributed by atoms with Crippen molar-refractivity contribution in [1.29, 1.82) is 0 Å². The van der Waals surface area contributed by atoms with Gasteiger partial charge in [-0.15, -0.1) is 0 Å². The molecule has 2 N–H and O–H groups in total. The molecule has 5 rings (SSSR count). The number of hydrogen-bond acceptors (Lipinski definition) is 2. The fourth-order valence-electron chi connectivity index (χ4n) is 4.19. The Bertz CT molecular complexity index is 1640. The fourth-order valence-corrected chi connectivity index (χ4v) is 4.19. The SMILES string of the molecule is C[n+]1cccc2cc(NC(=O)/C=C/c3ccc(C(=O)Nc4ccc5c(ccc[n+]5C)c4)cc3)ccc21. The van der Waals surface area contributed by atoms with Crippen LogP contribution in [0.4, 0.5) is 11.4 Å². The molecule has 3 aromatic carbocycles. The van der Waals surface area contributed by atoms with Gasteiger partial charge in [0, 0.05) is 58.1 Å². The van der Waals surface area contributed by atoms with Crippen molar-refractivity contribution in [3.05, 3.63) is 115 Å². The molecule has 0 radical (unpaired) electrons. The first kappa shape index (κ1) is 22.9. The van der Waals surface area contributed by atoms with Gasteiger partial charge < -0.3 is 10.6 Å². The third kappa shape index (κ3) is 4.98. The second-order valence-corrected chi connectivity index (χ2v) is 8.68. The van der Waals surface area contributed by atoms with Crippen LogP contribution in [0.15, 0.2) is 103 Å². The quantitative estimate of drug-likeness (QED) is 0.290. The van der Waals surface area contributed by atoms with Gasteiger partial charge in [-0.25, -0.2) is 9.13 Å². The van der Waals surface area contributed by atoms with Crippen LogP contribution in [0.3, 0.4) is 0 Å². The van der Waals surface area contributed by atoms with Crippen molar-refractivity contribution in [3.8, 4) is 0 Å². The zero-order valence-electron chi connectivity index (χ0n) is 20.1. The highest BCUT2D eigenvalue weighted by molar-refractivity contribution is 6.05. The number of carbonyl (C=O) groups excluding carboxylic acids is 2. The largest absolute Gasteiger partial charge is 0.322 e. The van der Waals surface area contributed by atoms with Gasteiger partial charge in [0.2, 0.25) is 16.9 Å². The van der Waals surface area contributed by atoms with Crippen molar-refractivity contribution in [1.82, 2.24) is 0 Å². The molecule has 2 aromatic heterocycles. The van der Waals surface area contributed by atoms with Gasteiger partial charge in [-0.2, -0.15) is 0 Å². The molecule has 0 aliphatic carbocycles. The van der Waals surface area contributed by atoms with Crippen LogP contribution in [0.5, 0.6) is 0 Å². The fraction of sp³-hybridized carbons (Fsp3) is 0.0667. The first-order valence-electron chi connectivity index (χ1n) is 11.6. The average Bonchev–Trinajstić information content (AvgIpc) is 2.88. The molecular weight excluding hydrogens is 448 g/mol. The summed E-state index contributed by atoms with van der Waals surface area (Å²) in [5.74, 6) is -0.409. The summed E-state index contributed by atoms with van der Waals surface area (Å²) in [7, 11) is 3.98. The smallest absolute Gasteiger partial charge is 0.255 e. The van der Waals surface area contributed by atoms with Crippen LogP contribution >= 0.6 is 0 Å². The van der Waals surface area contributed by atoms with E-state index in [1.54, 1.807) is 18.2 Å². The molecule has 0 unspecified atom stereocenters. The number of anilines is 2. The first-order chi connectivity index (χ1) is 17.5. The summed E-state index contributed by atoms with van der Waals surface area (Å²) in [6.07, 6.45) is 7.19. The van der Waals surface area contributed by atoms with Gasteiger partial charge >= 0.3 is 0 Å². The Morgan fingerprint density at radius 1 is 0.694 bits per heavy atom. The van der Waals surface area contributed by atoms with Crippen LogP contribution in [0.1, 0.15) is 15.9 Å². The van der Waals surface area contributed by atoms with Crippen molar-refractivity contribution in [2.75, 3.05) is 10.6 Å². The van der Waals surface area contributed by atoms with Gasteiger partial charge in [0.05, 0.1) is 0 Å². The first-order valence-corrected chi connectivity index (χ1v) is 11.6. The standard InChI is InChI=1S/C30H24N4O2/c1-33-17-3-5-23-19-25(12-14-27(23)33)31-29(35)16-9-21-7-10-22(11-8-21)30(36)32-26-13-15-28-24(20-26)6-4-18-34(28)2/h3-20H,1-2H3/p+2/b16-9+.